The molecule has 0 heterocycles. The highest BCUT2D eigenvalue weighted by Gasteiger charge is 2.32. The van der Waals surface area contributed by atoms with E-state index in [9.17, 15) is 0 Å². The summed E-state index contributed by atoms with van der Waals surface area (Å²) < 4.78 is 0. The minimum Gasteiger partial charge on any atom is -0.321 e. The van der Waals surface area contributed by atoms with Gasteiger partial charge in [0.15, 0.2) is 0 Å². The molecule has 2 unspecified atom stereocenters. The number of hydrogen-bond donors (Lipinski definition) is 1. The lowest BCUT2D eigenvalue weighted by atomic mass is 9.81. The molecular weight excluding hydrogens is 218 g/mol. The molecule has 1 fully saturated rings. The second-order valence-electron chi connectivity index (χ2n) is 6.41. The Morgan fingerprint density at radius 1 is 1.17 bits per heavy atom. The zero-order chi connectivity index (χ0) is 13.2. The van der Waals surface area contributed by atoms with Crippen LogP contribution >= 0.6 is 0 Å². The molecule has 1 nitrogen and oxygen atoms in total. The molecule has 1 aromatic rings. The summed E-state index contributed by atoms with van der Waals surface area (Å²) in [5.41, 5.74) is 9.38. The molecule has 0 spiro atoms. The predicted molar refractivity (Wildman–Crippen MR) is 78.5 cm³/mol. The van der Waals surface area contributed by atoms with Gasteiger partial charge in [0, 0.05) is 5.54 Å². The van der Waals surface area contributed by atoms with Crippen molar-refractivity contribution < 1.29 is 0 Å². The van der Waals surface area contributed by atoms with Crippen molar-refractivity contribution in [1.82, 2.24) is 0 Å². The van der Waals surface area contributed by atoms with Gasteiger partial charge in [0.1, 0.15) is 0 Å². The summed E-state index contributed by atoms with van der Waals surface area (Å²) >= 11 is 0. The summed E-state index contributed by atoms with van der Waals surface area (Å²) in [6.07, 6.45) is 6.18. The van der Waals surface area contributed by atoms with E-state index in [4.69, 9.17) is 5.73 Å². The normalized spacial score (nSPS) is 29.3. The molecule has 1 aliphatic rings. The van der Waals surface area contributed by atoms with Gasteiger partial charge in [-0.25, -0.2) is 0 Å². The summed E-state index contributed by atoms with van der Waals surface area (Å²) in [6.45, 7) is 6.89. The van der Waals surface area contributed by atoms with Gasteiger partial charge in [-0.15, -0.1) is 0 Å². The van der Waals surface area contributed by atoms with Crippen molar-refractivity contribution in [2.24, 2.45) is 17.6 Å². The Balaban J connectivity index is 2.19. The SMILES string of the molecule is Cc1ccccc1C1(N)CCCC(C(C)C)CC1. The van der Waals surface area contributed by atoms with E-state index in [1.54, 1.807) is 0 Å². The van der Waals surface area contributed by atoms with E-state index < -0.39 is 0 Å². The lowest BCUT2D eigenvalue weighted by molar-refractivity contribution is 0.325. The Labute approximate surface area is 112 Å². The van der Waals surface area contributed by atoms with Gasteiger partial charge in [0.05, 0.1) is 0 Å². The fourth-order valence-electron chi connectivity index (χ4n) is 3.46. The lowest BCUT2D eigenvalue weighted by Crippen LogP contribution is -2.36. The zero-order valence-electron chi connectivity index (χ0n) is 12.1. The summed E-state index contributed by atoms with van der Waals surface area (Å²) in [4.78, 5) is 0. The third kappa shape index (κ3) is 2.77. The van der Waals surface area contributed by atoms with Crippen LogP contribution in [-0.2, 0) is 5.54 Å². The van der Waals surface area contributed by atoms with E-state index >= 15 is 0 Å². The second kappa shape index (κ2) is 5.44. The summed E-state index contributed by atoms with van der Waals surface area (Å²) in [6, 6.07) is 8.65. The third-order valence-electron chi connectivity index (χ3n) is 4.78. The molecule has 0 aromatic heterocycles. The fourth-order valence-corrected chi connectivity index (χ4v) is 3.46. The van der Waals surface area contributed by atoms with Crippen molar-refractivity contribution in [3.63, 3.8) is 0 Å². The van der Waals surface area contributed by atoms with Gasteiger partial charge in [-0.3, -0.25) is 0 Å². The molecule has 1 saturated carbocycles. The monoisotopic (exact) mass is 245 g/mol. The van der Waals surface area contributed by atoms with Crippen LogP contribution in [0.15, 0.2) is 24.3 Å². The molecule has 1 aromatic carbocycles. The molecule has 2 rings (SSSR count). The Morgan fingerprint density at radius 2 is 1.89 bits per heavy atom. The van der Waals surface area contributed by atoms with E-state index in [1.807, 2.05) is 0 Å². The van der Waals surface area contributed by atoms with Gasteiger partial charge in [-0.2, -0.15) is 0 Å². The minimum atomic E-state index is -0.0883. The van der Waals surface area contributed by atoms with Crippen LogP contribution in [0.1, 0.15) is 57.1 Å². The molecule has 0 saturated heterocycles. The van der Waals surface area contributed by atoms with Crippen LogP contribution in [0.5, 0.6) is 0 Å². The molecular formula is C17H27N. The molecule has 2 N–H and O–H groups in total. The Bertz CT molecular complexity index is 396. The fraction of sp³-hybridized carbons (Fsp3) is 0.647. The van der Waals surface area contributed by atoms with Crippen molar-refractivity contribution >= 4 is 0 Å². The molecule has 0 bridgehead atoms. The van der Waals surface area contributed by atoms with Crippen LogP contribution in [-0.4, -0.2) is 0 Å². The van der Waals surface area contributed by atoms with Crippen LogP contribution in [0.3, 0.4) is 0 Å². The molecule has 0 amide bonds. The first-order valence-electron chi connectivity index (χ1n) is 7.38. The van der Waals surface area contributed by atoms with Crippen molar-refractivity contribution in [2.45, 2.75) is 58.4 Å². The van der Waals surface area contributed by atoms with Crippen molar-refractivity contribution in [1.29, 1.82) is 0 Å². The zero-order valence-corrected chi connectivity index (χ0v) is 12.1. The number of benzene rings is 1. The average molecular weight is 245 g/mol. The highest BCUT2D eigenvalue weighted by molar-refractivity contribution is 5.32. The van der Waals surface area contributed by atoms with E-state index in [0.717, 1.165) is 24.7 Å². The third-order valence-corrected chi connectivity index (χ3v) is 4.78. The van der Waals surface area contributed by atoms with Crippen LogP contribution in [0.25, 0.3) is 0 Å². The van der Waals surface area contributed by atoms with Gasteiger partial charge in [-0.1, -0.05) is 51.0 Å². The Kier molecular flexibility index (Phi) is 4.11. The molecule has 18 heavy (non-hydrogen) atoms. The number of nitrogens with two attached hydrogens (primary N) is 1. The van der Waals surface area contributed by atoms with Crippen LogP contribution in [0.4, 0.5) is 0 Å². The Morgan fingerprint density at radius 3 is 2.56 bits per heavy atom. The molecule has 2 atom stereocenters. The molecule has 0 radical (unpaired) electrons. The van der Waals surface area contributed by atoms with E-state index in [2.05, 4.69) is 45.0 Å². The minimum absolute atomic E-state index is 0.0883. The number of aryl methyl sites for hydroxylation is 1. The van der Waals surface area contributed by atoms with Gasteiger partial charge in [0.2, 0.25) is 0 Å². The first-order chi connectivity index (χ1) is 8.53. The first kappa shape index (κ1) is 13.6. The summed E-state index contributed by atoms with van der Waals surface area (Å²) in [7, 11) is 0. The van der Waals surface area contributed by atoms with Crippen LogP contribution in [0, 0.1) is 18.8 Å². The Hall–Kier alpha value is -0.820. The largest absolute Gasteiger partial charge is 0.321 e. The maximum absolute atomic E-state index is 6.74. The number of rotatable bonds is 2. The molecule has 1 heteroatoms. The van der Waals surface area contributed by atoms with Gasteiger partial charge in [-0.05, 0) is 49.1 Å². The summed E-state index contributed by atoms with van der Waals surface area (Å²) in [5.74, 6) is 1.66. The second-order valence-corrected chi connectivity index (χ2v) is 6.41. The quantitative estimate of drug-likeness (QED) is 0.769. The molecule has 100 valence electrons. The maximum atomic E-state index is 6.74. The van der Waals surface area contributed by atoms with Crippen molar-refractivity contribution in [3.05, 3.63) is 35.4 Å². The van der Waals surface area contributed by atoms with E-state index in [0.29, 0.717) is 0 Å². The highest BCUT2D eigenvalue weighted by atomic mass is 14.7. The maximum Gasteiger partial charge on any atom is 0.0412 e. The van der Waals surface area contributed by atoms with E-state index in [1.165, 1.54) is 30.4 Å². The van der Waals surface area contributed by atoms with Crippen molar-refractivity contribution in [3.8, 4) is 0 Å². The molecule has 1 aliphatic carbocycles. The lowest BCUT2D eigenvalue weighted by Gasteiger charge is -2.30. The van der Waals surface area contributed by atoms with Crippen LogP contribution in [0.2, 0.25) is 0 Å². The van der Waals surface area contributed by atoms with Crippen LogP contribution < -0.4 is 5.73 Å². The standard InChI is InChI=1S/C17H27N/c1-13(2)15-8-6-11-17(18,12-10-15)16-9-5-4-7-14(16)3/h4-5,7,9,13,15H,6,8,10-12,18H2,1-3H3. The predicted octanol–water partition coefficient (Wildman–Crippen LogP) is 4.39. The topological polar surface area (TPSA) is 26.0 Å². The molecule has 0 aliphatic heterocycles. The highest BCUT2D eigenvalue weighted by Crippen LogP contribution is 2.39. The van der Waals surface area contributed by atoms with Gasteiger partial charge >= 0.3 is 0 Å². The van der Waals surface area contributed by atoms with E-state index in [-0.39, 0.29) is 5.54 Å². The van der Waals surface area contributed by atoms with Crippen molar-refractivity contribution in [2.75, 3.05) is 0 Å². The van der Waals surface area contributed by atoms with Gasteiger partial charge < -0.3 is 5.73 Å². The smallest absolute Gasteiger partial charge is 0.0412 e. The first-order valence-corrected chi connectivity index (χ1v) is 7.38. The van der Waals surface area contributed by atoms with Gasteiger partial charge in [0.25, 0.3) is 0 Å². The number of hydrogen-bond acceptors (Lipinski definition) is 1. The average Bonchev–Trinajstić information content (AvgIpc) is 2.52. The summed E-state index contributed by atoms with van der Waals surface area (Å²) in [5, 5.41) is 0.